The summed E-state index contributed by atoms with van der Waals surface area (Å²) in [6.45, 7) is 3.54. The SMILES string of the molecule is CCc1ccc(NC(=O)COc2ccc(N3C[C@H](C(=O)NC[C@H]4CCCO4)CC3=O)cc2)cc1. The number of anilines is 2. The Morgan fingerprint density at radius 3 is 2.56 bits per heavy atom. The molecule has 0 saturated carbocycles. The van der Waals surface area contributed by atoms with Crippen molar-refractivity contribution in [3.8, 4) is 5.75 Å². The van der Waals surface area contributed by atoms with Crippen LogP contribution in [0.3, 0.4) is 0 Å². The van der Waals surface area contributed by atoms with Crippen LogP contribution in [0.5, 0.6) is 5.75 Å². The van der Waals surface area contributed by atoms with Crippen molar-refractivity contribution in [1.29, 1.82) is 0 Å². The maximum absolute atomic E-state index is 12.5. The zero-order valence-corrected chi connectivity index (χ0v) is 19.4. The summed E-state index contributed by atoms with van der Waals surface area (Å²) in [5.41, 5.74) is 2.63. The van der Waals surface area contributed by atoms with Crippen LogP contribution in [0.4, 0.5) is 11.4 Å². The maximum atomic E-state index is 12.5. The summed E-state index contributed by atoms with van der Waals surface area (Å²) in [6.07, 6.45) is 3.19. The molecular formula is C26H31N3O5. The number of aryl methyl sites for hydroxylation is 1. The molecular weight excluding hydrogens is 434 g/mol. The van der Waals surface area contributed by atoms with E-state index in [9.17, 15) is 14.4 Å². The molecule has 2 N–H and O–H groups in total. The second-order valence-corrected chi connectivity index (χ2v) is 8.67. The summed E-state index contributed by atoms with van der Waals surface area (Å²) in [6, 6.07) is 14.7. The van der Waals surface area contributed by atoms with Gasteiger partial charge < -0.3 is 25.0 Å². The fourth-order valence-corrected chi connectivity index (χ4v) is 4.19. The standard InChI is InChI=1S/C26H31N3O5/c1-2-18-5-7-20(8-6-18)28-24(30)17-34-22-11-9-21(10-12-22)29-16-19(14-25(29)31)26(32)27-15-23-4-3-13-33-23/h5-12,19,23H,2-4,13-17H2,1H3,(H,27,32)(H,28,30)/t19-,23-/m1/s1. The summed E-state index contributed by atoms with van der Waals surface area (Å²) in [7, 11) is 0. The number of benzene rings is 2. The zero-order chi connectivity index (χ0) is 23.9. The zero-order valence-electron chi connectivity index (χ0n) is 19.4. The first kappa shape index (κ1) is 23.8. The van der Waals surface area contributed by atoms with E-state index in [2.05, 4.69) is 17.6 Å². The Morgan fingerprint density at radius 2 is 1.88 bits per heavy atom. The molecule has 2 fully saturated rings. The summed E-state index contributed by atoms with van der Waals surface area (Å²) < 4.78 is 11.1. The van der Waals surface area contributed by atoms with Gasteiger partial charge >= 0.3 is 0 Å². The fourth-order valence-electron chi connectivity index (χ4n) is 4.19. The third-order valence-electron chi connectivity index (χ3n) is 6.19. The minimum Gasteiger partial charge on any atom is -0.484 e. The minimum absolute atomic E-state index is 0.0772. The van der Waals surface area contributed by atoms with E-state index >= 15 is 0 Å². The molecule has 2 aliphatic rings. The molecule has 8 nitrogen and oxygen atoms in total. The van der Waals surface area contributed by atoms with Crippen molar-refractivity contribution in [3.05, 3.63) is 54.1 Å². The second-order valence-electron chi connectivity index (χ2n) is 8.67. The highest BCUT2D eigenvalue weighted by molar-refractivity contribution is 6.00. The third kappa shape index (κ3) is 6.14. The highest BCUT2D eigenvalue weighted by atomic mass is 16.5. The molecule has 180 valence electrons. The predicted molar refractivity (Wildman–Crippen MR) is 129 cm³/mol. The van der Waals surface area contributed by atoms with Gasteiger partial charge in [0, 0.05) is 37.5 Å². The van der Waals surface area contributed by atoms with Gasteiger partial charge in [0.25, 0.3) is 5.91 Å². The Bertz CT molecular complexity index is 1000. The molecule has 0 aliphatic carbocycles. The Balaban J connectivity index is 1.24. The van der Waals surface area contributed by atoms with Gasteiger partial charge in [-0.3, -0.25) is 14.4 Å². The van der Waals surface area contributed by atoms with Gasteiger partial charge in [0.1, 0.15) is 5.75 Å². The van der Waals surface area contributed by atoms with Gasteiger partial charge in [-0.05, 0) is 61.2 Å². The smallest absolute Gasteiger partial charge is 0.262 e. The summed E-state index contributed by atoms with van der Waals surface area (Å²) in [5.74, 6) is -0.293. The molecule has 2 aromatic carbocycles. The molecule has 0 spiro atoms. The highest BCUT2D eigenvalue weighted by Gasteiger charge is 2.35. The van der Waals surface area contributed by atoms with Crippen molar-refractivity contribution in [2.45, 2.75) is 38.7 Å². The average Bonchev–Trinajstić information content (AvgIpc) is 3.52. The molecule has 0 bridgehead atoms. The molecule has 0 aromatic heterocycles. The van der Waals surface area contributed by atoms with E-state index < -0.39 is 0 Å². The minimum atomic E-state index is -0.375. The molecule has 34 heavy (non-hydrogen) atoms. The Morgan fingerprint density at radius 1 is 1.12 bits per heavy atom. The fraction of sp³-hybridized carbons (Fsp3) is 0.423. The number of hydrogen-bond acceptors (Lipinski definition) is 5. The van der Waals surface area contributed by atoms with Crippen LogP contribution in [0, 0.1) is 5.92 Å². The van der Waals surface area contributed by atoms with Crippen LogP contribution in [0.15, 0.2) is 48.5 Å². The molecule has 2 heterocycles. The van der Waals surface area contributed by atoms with Crippen molar-refractivity contribution in [1.82, 2.24) is 5.32 Å². The molecule has 0 unspecified atom stereocenters. The lowest BCUT2D eigenvalue weighted by Crippen LogP contribution is -2.37. The lowest BCUT2D eigenvalue weighted by molar-refractivity contribution is -0.126. The number of carbonyl (C=O) groups excluding carboxylic acids is 3. The second kappa shape index (κ2) is 11.2. The van der Waals surface area contributed by atoms with Crippen LogP contribution >= 0.6 is 0 Å². The van der Waals surface area contributed by atoms with Gasteiger partial charge in [0.2, 0.25) is 11.8 Å². The first-order chi connectivity index (χ1) is 16.5. The van der Waals surface area contributed by atoms with Crippen LogP contribution in [0.2, 0.25) is 0 Å². The van der Waals surface area contributed by atoms with Crippen molar-refractivity contribution < 1.29 is 23.9 Å². The van der Waals surface area contributed by atoms with Crippen molar-refractivity contribution in [2.75, 3.05) is 36.5 Å². The van der Waals surface area contributed by atoms with Crippen molar-refractivity contribution in [2.24, 2.45) is 5.92 Å². The van der Waals surface area contributed by atoms with E-state index in [1.165, 1.54) is 5.56 Å². The van der Waals surface area contributed by atoms with Gasteiger partial charge in [0.15, 0.2) is 6.61 Å². The molecule has 2 atom stereocenters. The summed E-state index contributed by atoms with van der Waals surface area (Å²) in [4.78, 5) is 38.8. The number of rotatable bonds is 9. The van der Waals surface area contributed by atoms with E-state index in [-0.39, 0.29) is 42.8 Å². The van der Waals surface area contributed by atoms with Gasteiger partial charge in [-0.1, -0.05) is 19.1 Å². The maximum Gasteiger partial charge on any atom is 0.262 e. The normalized spacial score (nSPS) is 19.8. The number of nitrogens with zero attached hydrogens (tertiary/aromatic N) is 1. The van der Waals surface area contributed by atoms with Crippen LogP contribution in [-0.2, 0) is 25.5 Å². The van der Waals surface area contributed by atoms with Gasteiger partial charge in [-0.15, -0.1) is 0 Å². The van der Waals surface area contributed by atoms with E-state index in [0.717, 1.165) is 31.6 Å². The largest absolute Gasteiger partial charge is 0.484 e. The Hall–Kier alpha value is -3.39. The quantitative estimate of drug-likeness (QED) is 0.594. The molecule has 3 amide bonds. The highest BCUT2D eigenvalue weighted by Crippen LogP contribution is 2.27. The third-order valence-corrected chi connectivity index (χ3v) is 6.19. The van der Waals surface area contributed by atoms with Gasteiger partial charge in [0.05, 0.1) is 12.0 Å². The number of ether oxygens (including phenoxy) is 2. The number of carbonyl (C=O) groups is 3. The van der Waals surface area contributed by atoms with E-state index in [4.69, 9.17) is 9.47 Å². The molecule has 2 saturated heterocycles. The van der Waals surface area contributed by atoms with E-state index in [0.29, 0.717) is 24.5 Å². The molecule has 2 aliphatic heterocycles. The van der Waals surface area contributed by atoms with Gasteiger partial charge in [-0.25, -0.2) is 0 Å². The van der Waals surface area contributed by atoms with Crippen LogP contribution in [0.25, 0.3) is 0 Å². The monoisotopic (exact) mass is 465 g/mol. The lowest BCUT2D eigenvalue weighted by atomic mass is 10.1. The molecule has 0 radical (unpaired) electrons. The lowest BCUT2D eigenvalue weighted by Gasteiger charge is -2.18. The van der Waals surface area contributed by atoms with Crippen LogP contribution in [-0.4, -0.2) is 50.1 Å². The van der Waals surface area contributed by atoms with Crippen molar-refractivity contribution in [3.63, 3.8) is 0 Å². The number of nitrogens with one attached hydrogen (secondary N) is 2. The van der Waals surface area contributed by atoms with Crippen LogP contribution < -0.4 is 20.3 Å². The van der Waals surface area contributed by atoms with E-state index in [1.54, 1.807) is 29.2 Å². The van der Waals surface area contributed by atoms with Gasteiger partial charge in [-0.2, -0.15) is 0 Å². The average molecular weight is 466 g/mol. The number of hydrogen-bond donors (Lipinski definition) is 2. The summed E-state index contributed by atoms with van der Waals surface area (Å²) in [5, 5.41) is 5.72. The molecule has 8 heteroatoms. The first-order valence-electron chi connectivity index (χ1n) is 11.8. The summed E-state index contributed by atoms with van der Waals surface area (Å²) >= 11 is 0. The Labute approximate surface area is 199 Å². The van der Waals surface area contributed by atoms with Crippen LogP contribution in [0.1, 0.15) is 31.7 Å². The number of amides is 3. The topological polar surface area (TPSA) is 97.0 Å². The van der Waals surface area contributed by atoms with Crippen molar-refractivity contribution >= 4 is 29.1 Å². The Kier molecular flexibility index (Phi) is 7.80. The first-order valence-corrected chi connectivity index (χ1v) is 11.8. The predicted octanol–water partition coefficient (Wildman–Crippen LogP) is 2.91. The van der Waals surface area contributed by atoms with E-state index in [1.807, 2.05) is 24.3 Å². The molecule has 2 aromatic rings. The molecule has 4 rings (SSSR count).